The van der Waals surface area contributed by atoms with Crippen LogP contribution in [0, 0.1) is 24.2 Å². The summed E-state index contributed by atoms with van der Waals surface area (Å²) in [7, 11) is -1.91. The molecule has 2 heterocycles. The third-order valence-corrected chi connectivity index (χ3v) is 12.5. The molecular weight excluding hydrogens is 534 g/mol. The summed E-state index contributed by atoms with van der Waals surface area (Å²) in [5.74, 6) is 0.999. The maximum atomic E-state index is 9.46. The zero-order valence-corrected chi connectivity index (χ0v) is 24.0. The molecule has 1 aliphatic rings. The molecule has 2 N–H and O–H groups in total. The van der Waals surface area contributed by atoms with E-state index in [0.717, 1.165) is 21.3 Å². The monoisotopic (exact) mass is 565 g/mol. The smallest absolute Gasteiger partial charge is 0.229 e. The molecule has 7 nitrogen and oxygen atoms in total. The van der Waals surface area contributed by atoms with Crippen molar-refractivity contribution in [3.8, 4) is 6.07 Å². The number of hydrogen-bond acceptors (Lipinski definition) is 7. The minimum Gasteiger partial charge on any atom is -0.413 e. The fraction of sp³-hybridized carbons (Fsp3) is 0.542. The number of ether oxygens (including phenoxy) is 1. The normalized spacial score (nSPS) is 18.9. The van der Waals surface area contributed by atoms with Crippen molar-refractivity contribution in [3.63, 3.8) is 0 Å². The van der Waals surface area contributed by atoms with Crippen molar-refractivity contribution in [2.75, 3.05) is 23.8 Å². The van der Waals surface area contributed by atoms with Crippen LogP contribution in [-0.2, 0) is 15.8 Å². The van der Waals surface area contributed by atoms with Gasteiger partial charge in [-0.05, 0) is 65.1 Å². The molecule has 0 aliphatic carbocycles. The number of hydrogen-bond donors (Lipinski definition) is 2. The van der Waals surface area contributed by atoms with E-state index in [4.69, 9.17) is 20.8 Å². The molecule has 184 valence electrons. The van der Waals surface area contributed by atoms with E-state index in [1.165, 1.54) is 0 Å². The molecule has 0 amide bonds. The maximum Gasteiger partial charge on any atom is 0.229 e. The predicted octanol–water partition coefficient (Wildman–Crippen LogP) is 6.81. The highest BCUT2D eigenvalue weighted by atomic mass is 79.9. The number of aromatic nitrogens is 2. The second-order valence-corrected chi connectivity index (χ2v) is 16.2. The first-order valence-electron chi connectivity index (χ1n) is 11.4. The number of nitrogens with one attached hydrogen (secondary N) is 2. The number of nitriles is 1. The number of rotatable bonds is 7. The number of halogens is 2. The van der Waals surface area contributed by atoms with Crippen molar-refractivity contribution in [2.24, 2.45) is 5.92 Å². The third-order valence-electron chi connectivity index (χ3n) is 6.57. The SMILES string of the molecule is Cc1cnc(Nc2cc(Cl)c(Br)c(CO[Si](C)(C)C(C)(C)C)c2)nc1N[C@H]1COCC[C@@H]1C#N. The van der Waals surface area contributed by atoms with Crippen molar-refractivity contribution in [1.82, 2.24) is 9.97 Å². The molecule has 0 spiro atoms. The zero-order chi connectivity index (χ0) is 25.1. The average molecular weight is 567 g/mol. The van der Waals surface area contributed by atoms with Gasteiger partial charge in [0.05, 0.1) is 36.3 Å². The summed E-state index contributed by atoms with van der Waals surface area (Å²) in [5, 5.41) is 16.8. The molecule has 1 saturated heterocycles. The lowest BCUT2D eigenvalue weighted by Crippen LogP contribution is -2.40. The maximum absolute atomic E-state index is 9.46. The molecule has 1 aliphatic heterocycles. The topological polar surface area (TPSA) is 92.1 Å². The molecule has 10 heteroatoms. The second kappa shape index (κ2) is 10.9. The van der Waals surface area contributed by atoms with Crippen LogP contribution in [0.4, 0.5) is 17.5 Å². The van der Waals surface area contributed by atoms with Crippen molar-refractivity contribution < 1.29 is 9.16 Å². The highest BCUT2D eigenvalue weighted by Crippen LogP contribution is 2.38. The van der Waals surface area contributed by atoms with E-state index < -0.39 is 8.32 Å². The van der Waals surface area contributed by atoms with Crippen molar-refractivity contribution in [3.05, 3.63) is 39.0 Å². The molecule has 1 aromatic heterocycles. The first-order valence-corrected chi connectivity index (χ1v) is 15.5. The Balaban J connectivity index is 1.79. The van der Waals surface area contributed by atoms with Gasteiger partial charge in [0.2, 0.25) is 5.95 Å². The summed E-state index contributed by atoms with van der Waals surface area (Å²) in [6.45, 7) is 14.6. The Morgan fingerprint density at radius 2 is 2.09 bits per heavy atom. The van der Waals surface area contributed by atoms with Gasteiger partial charge < -0.3 is 19.8 Å². The first kappa shape index (κ1) is 26.9. The molecule has 1 fully saturated rings. The molecule has 0 radical (unpaired) electrons. The number of nitrogens with zero attached hydrogens (tertiary/aromatic N) is 3. The van der Waals surface area contributed by atoms with Crippen molar-refractivity contribution >= 4 is 53.3 Å². The van der Waals surface area contributed by atoms with Gasteiger partial charge in [-0.2, -0.15) is 10.2 Å². The van der Waals surface area contributed by atoms with Gasteiger partial charge in [-0.15, -0.1) is 0 Å². The fourth-order valence-corrected chi connectivity index (χ4v) is 4.82. The van der Waals surface area contributed by atoms with Gasteiger partial charge in [0.15, 0.2) is 8.32 Å². The minimum absolute atomic E-state index is 0.110. The number of aryl methyl sites for hydroxylation is 1. The van der Waals surface area contributed by atoms with E-state index in [-0.39, 0.29) is 17.0 Å². The van der Waals surface area contributed by atoms with E-state index in [2.05, 4.69) is 76.5 Å². The third kappa shape index (κ3) is 6.49. The van der Waals surface area contributed by atoms with Gasteiger partial charge in [-0.1, -0.05) is 32.4 Å². The Kier molecular flexibility index (Phi) is 8.64. The Morgan fingerprint density at radius 1 is 1.35 bits per heavy atom. The minimum atomic E-state index is -1.91. The predicted molar refractivity (Wildman–Crippen MR) is 143 cm³/mol. The van der Waals surface area contributed by atoms with E-state index in [0.29, 0.717) is 43.0 Å². The van der Waals surface area contributed by atoms with Gasteiger partial charge in [0.25, 0.3) is 0 Å². The number of anilines is 3. The summed E-state index contributed by atoms with van der Waals surface area (Å²) in [5.41, 5.74) is 2.62. The van der Waals surface area contributed by atoms with Crippen LogP contribution in [0.25, 0.3) is 0 Å². The van der Waals surface area contributed by atoms with Gasteiger partial charge in [-0.3, -0.25) is 0 Å². The Labute approximate surface area is 216 Å². The summed E-state index contributed by atoms with van der Waals surface area (Å²) >= 11 is 10.1. The second-order valence-electron chi connectivity index (χ2n) is 10.2. The fourth-order valence-electron chi connectivity index (χ4n) is 3.29. The highest BCUT2D eigenvalue weighted by molar-refractivity contribution is 9.10. The van der Waals surface area contributed by atoms with Crippen LogP contribution in [0.1, 0.15) is 38.3 Å². The molecule has 34 heavy (non-hydrogen) atoms. The van der Waals surface area contributed by atoms with Gasteiger partial charge in [-0.25, -0.2) is 4.98 Å². The Bertz CT molecular complexity index is 1070. The van der Waals surface area contributed by atoms with Crippen LogP contribution >= 0.6 is 27.5 Å². The van der Waals surface area contributed by atoms with Crippen LogP contribution in [0.15, 0.2) is 22.8 Å². The zero-order valence-electron chi connectivity index (χ0n) is 20.6. The summed E-state index contributed by atoms with van der Waals surface area (Å²) in [4.78, 5) is 9.08. The van der Waals surface area contributed by atoms with Crippen LogP contribution in [-0.4, -0.2) is 37.5 Å². The van der Waals surface area contributed by atoms with Crippen LogP contribution in [0.2, 0.25) is 23.2 Å². The van der Waals surface area contributed by atoms with Crippen molar-refractivity contribution in [2.45, 2.75) is 64.9 Å². The van der Waals surface area contributed by atoms with Crippen LogP contribution in [0.3, 0.4) is 0 Å². The van der Waals surface area contributed by atoms with Crippen LogP contribution < -0.4 is 10.6 Å². The Morgan fingerprint density at radius 3 is 2.76 bits per heavy atom. The van der Waals surface area contributed by atoms with Crippen LogP contribution in [0.5, 0.6) is 0 Å². The van der Waals surface area contributed by atoms with Gasteiger partial charge in [0.1, 0.15) is 5.82 Å². The highest BCUT2D eigenvalue weighted by Gasteiger charge is 2.37. The molecule has 3 rings (SSSR count). The lowest BCUT2D eigenvalue weighted by Gasteiger charge is -2.36. The van der Waals surface area contributed by atoms with E-state index in [9.17, 15) is 5.26 Å². The first-order chi connectivity index (χ1) is 15.9. The molecule has 2 atom stereocenters. The van der Waals surface area contributed by atoms with Gasteiger partial charge >= 0.3 is 0 Å². The van der Waals surface area contributed by atoms with E-state index in [1.54, 1.807) is 6.20 Å². The van der Waals surface area contributed by atoms with E-state index >= 15 is 0 Å². The summed E-state index contributed by atoms with van der Waals surface area (Å²) in [6.07, 6.45) is 2.46. The molecule has 0 bridgehead atoms. The standard InChI is InChI=1S/C24H33BrClN5O2Si/c1-15-12-28-23(31-22(15)30-20-14-32-8-7-16(20)11-27)29-18-9-17(21(25)19(26)10-18)13-33-34(5,6)24(2,3)4/h9-10,12,16,20H,7-8,13-14H2,1-6H3,(H2,28,29,30,31)/t16-,20+/m1/s1. The summed E-state index contributed by atoms with van der Waals surface area (Å²) < 4.78 is 12.8. The lowest BCUT2D eigenvalue weighted by atomic mass is 9.96. The van der Waals surface area contributed by atoms with Crippen molar-refractivity contribution in [1.29, 1.82) is 5.26 Å². The molecule has 2 aromatic rings. The largest absolute Gasteiger partial charge is 0.413 e. The average Bonchev–Trinajstić information content (AvgIpc) is 2.77. The van der Waals surface area contributed by atoms with E-state index in [1.807, 2.05) is 19.1 Å². The Hall–Kier alpha value is -1.70. The molecule has 0 unspecified atom stereocenters. The quantitative estimate of drug-likeness (QED) is 0.356. The molecule has 0 saturated carbocycles. The molecular formula is C24H33BrClN5O2Si. The summed E-state index contributed by atoms with van der Waals surface area (Å²) in [6, 6.07) is 6.09. The number of benzene rings is 1. The lowest BCUT2D eigenvalue weighted by molar-refractivity contribution is 0.0698. The van der Waals surface area contributed by atoms with Gasteiger partial charge in [0, 0.05) is 28.5 Å². The molecule has 1 aromatic carbocycles.